The van der Waals surface area contributed by atoms with Gasteiger partial charge < -0.3 is 0 Å². The van der Waals surface area contributed by atoms with Gasteiger partial charge in [0.2, 0.25) is 0 Å². The van der Waals surface area contributed by atoms with Crippen molar-refractivity contribution in [3.8, 4) is 22.3 Å². The maximum Gasteiger partial charge on any atom is 0.194 e. The van der Waals surface area contributed by atoms with Crippen LogP contribution in [0.15, 0.2) is 60.7 Å². The van der Waals surface area contributed by atoms with Crippen LogP contribution in [0.5, 0.6) is 0 Å². The first-order valence-corrected chi connectivity index (χ1v) is 10.4. The highest BCUT2D eigenvalue weighted by molar-refractivity contribution is 5.70. The van der Waals surface area contributed by atoms with Crippen LogP contribution < -0.4 is 0 Å². The van der Waals surface area contributed by atoms with Gasteiger partial charge in [0.05, 0.1) is 0 Å². The Balaban J connectivity index is 1.50. The van der Waals surface area contributed by atoms with E-state index in [0.29, 0.717) is 17.0 Å². The van der Waals surface area contributed by atoms with Crippen LogP contribution in [-0.2, 0) is 0 Å². The van der Waals surface area contributed by atoms with Crippen LogP contribution in [0.3, 0.4) is 0 Å². The average molecular weight is 394 g/mol. The fourth-order valence-electron chi connectivity index (χ4n) is 4.57. The second-order valence-electron chi connectivity index (χ2n) is 8.12. The Hall–Kier alpha value is -2.55. The predicted molar refractivity (Wildman–Crippen MR) is 112 cm³/mol. The van der Waals surface area contributed by atoms with Crippen molar-refractivity contribution in [1.82, 2.24) is 0 Å². The van der Waals surface area contributed by atoms with Crippen molar-refractivity contribution < 1.29 is 13.2 Å². The van der Waals surface area contributed by atoms with E-state index in [2.05, 4.69) is 31.2 Å². The van der Waals surface area contributed by atoms with Crippen molar-refractivity contribution in [2.75, 3.05) is 0 Å². The monoisotopic (exact) mass is 394 g/mol. The molecule has 3 heteroatoms. The zero-order valence-electron chi connectivity index (χ0n) is 16.6. The normalized spacial score (nSPS) is 18.9. The van der Waals surface area contributed by atoms with Crippen molar-refractivity contribution in [2.24, 2.45) is 5.92 Å². The first-order valence-electron chi connectivity index (χ1n) is 10.4. The van der Waals surface area contributed by atoms with Gasteiger partial charge in [-0.1, -0.05) is 68.3 Å². The van der Waals surface area contributed by atoms with Crippen molar-refractivity contribution in [3.05, 3.63) is 83.7 Å². The van der Waals surface area contributed by atoms with E-state index in [1.54, 1.807) is 0 Å². The zero-order chi connectivity index (χ0) is 20.4. The summed E-state index contributed by atoms with van der Waals surface area (Å²) in [4.78, 5) is 0. The maximum atomic E-state index is 13.5. The van der Waals surface area contributed by atoms with E-state index in [1.807, 2.05) is 24.3 Å². The minimum atomic E-state index is -1.44. The second-order valence-corrected chi connectivity index (χ2v) is 8.12. The molecule has 1 aliphatic carbocycles. The van der Waals surface area contributed by atoms with Gasteiger partial charge in [0.15, 0.2) is 17.5 Å². The molecule has 0 bridgehead atoms. The molecule has 0 amide bonds. The van der Waals surface area contributed by atoms with E-state index in [0.717, 1.165) is 29.2 Å². The van der Waals surface area contributed by atoms with Gasteiger partial charge in [-0.15, -0.1) is 0 Å². The molecule has 3 aromatic rings. The molecule has 1 fully saturated rings. The Kier molecular flexibility index (Phi) is 5.75. The van der Waals surface area contributed by atoms with Gasteiger partial charge in [0.25, 0.3) is 0 Å². The summed E-state index contributed by atoms with van der Waals surface area (Å²) in [5.74, 6) is -2.24. The van der Waals surface area contributed by atoms with Crippen LogP contribution in [0.4, 0.5) is 13.2 Å². The van der Waals surface area contributed by atoms with Gasteiger partial charge in [-0.2, -0.15) is 0 Å². The second kappa shape index (κ2) is 8.44. The molecule has 150 valence electrons. The fraction of sp³-hybridized carbons (Fsp3) is 0.308. The molecule has 0 spiro atoms. The van der Waals surface area contributed by atoms with Crippen LogP contribution in [0, 0.1) is 23.4 Å². The van der Waals surface area contributed by atoms with E-state index in [4.69, 9.17) is 0 Å². The molecule has 0 nitrogen and oxygen atoms in total. The number of halogens is 3. The quantitative estimate of drug-likeness (QED) is 0.383. The largest absolute Gasteiger partial charge is 0.204 e. The Morgan fingerprint density at radius 2 is 1.24 bits per heavy atom. The van der Waals surface area contributed by atoms with Gasteiger partial charge >= 0.3 is 0 Å². The Morgan fingerprint density at radius 1 is 0.724 bits per heavy atom. The van der Waals surface area contributed by atoms with E-state index in [9.17, 15) is 13.2 Å². The molecule has 2 atom stereocenters. The lowest BCUT2D eigenvalue weighted by atomic mass is 9.93. The van der Waals surface area contributed by atoms with Gasteiger partial charge in [-0.05, 0) is 71.0 Å². The minimum absolute atomic E-state index is 0.325. The third-order valence-electron chi connectivity index (χ3n) is 6.16. The van der Waals surface area contributed by atoms with Crippen molar-refractivity contribution in [3.63, 3.8) is 0 Å². The van der Waals surface area contributed by atoms with Gasteiger partial charge in [0, 0.05) is 0 Å². The molecule has 0 heterocycles. The van der Waals surface area contributed by atoms with Crippen molar-refractivity contribution >= 4 is 0 Å². The van der Waals surface area contributed by atoms with E-state index in [1.165, 1.54) is 37.7 Å². The molecule has 2 unspecified atom stereocenters. The Morgan fingerprint density at radius 3 is 1.79 bits per heavy atom. The molecule has 1 saturated carbocycles. The predicted octanol–water partition coefficient (Wildman–Crippen LogP) is 8.12. The van der Waals surface area contributed by atoms with Gasteiger partial charge in [-0.3, -0.25) is 0 Å². The summed E-state index contributed by atoms with van der Waals surface area (Å²) in [5.41, 5.74) is 4.54. The number of hydrogen-bond donors (Lipinski definition) is 0. The summed E-state index contributed by atoms with van der Waals surface area (Å²) in [7, 11) is 0. The first kappa shape index (κ1) is 19.8. The topological polar surface area (TPSA) is 0 Å². The summed E-state index contributed by atoms with van der Waals surface area (Å²) >= 11 is 0. The van der Waals surface area contributed by atoms with Crippen molar-refractivity contribution in [1.29, 1.82) is 0 Å². The summed E-state index contributed by atoms with van der Waals surface area (Å²) in [6.45, 7) is 2.26. The van der Waals surface area contributed by atoms with E-state index in [-0.39, 0.29) is 0 Å². The average Bonchev–Trinajstić information content (AvgIpc) is 3.21. The molecule has 0 aromatic heterocycles. The molecule has 0 radical (unpaired) electrons. The van der Waals surface area contributed by atoms with Gasteiger partial charge in [0.1, 0.15) is 0 Å². The zero-order valence-corrected chi connectivity index (χ0v) is 16.6. The molecule has 0 N–H and O–H groups in total. The lowest BCUT2D eigenvalue weighted by Gasteiger charge is -2.12. The van der Waals surface area contributed by atoms with E-state index >= 15 is 0 Å². The highest BCUT2D eigenvalue weighted by atomic mass is 19.2. The molecule has 0 saturated heterocycles. The SMILES string of the molecule is CCCC1CCC(c2ccc(-c3ccc(-c4cc(F)c(F)c(F)c4)cc3)cc2)C1. The first-order chi connectivity index (χ1) is 14.0. The van der Waals surface area contributed by atoms with Crippen molar-refractivity contribution in [2.45, 2.75) is 44.9 Å². The molecule has 29 heavy (non-hydrogen) atoms. The summed E-state index contributed by atoms with van der Waals surface area (Å²) in [6.07, 6.45) is 6.52. The maximum absolute atomic E-state index is 13.5. The molecular weight excluding hydrogens is 369 g/mol. The van der Waals surface area contributed by atoms with Crippen LogP contribution in [0.1, 0.15) is 50.5 Å². The minimum Gasteiger partial charge on any atom is -0.204 e. The Labute approximate surface area is 170 Å². The summed E-state index contributed by atoms with van der Waals surface area (Å²) in [5, 5.41) is 0. The number of hydrogen-bond acceptors (Lipinski definition) is 0. The highest BCUT2D eigenvalue weighted by Gasteiger charge is 2.25. The standard InChI is InChI=1S/C26H25F3/c1-2-3-17-4-5-22(14-17)20-10-6-18(7-11-20)19-8-12-21(13-9-19)23-15-24(27)26(29)25(28)16-23/h6-13,15-17,22H,2-5,14H2,1H3. The lowest BCUT2D eigenvalue weighted by molar-refractivity contribution is 0.448. The number of rotatable bonds is 5. The van der Waals surface area contributed by atoms with Gasteiger partial charge in [-0.25, -0.2) is 13.2 Å². The summed E-state index contributed by atoms with van der Waals surface area (Å²) < 4.78 is 40.1. The summed E-state index contributed by atoms with van der Waals surface area (Å²) in [6, 6.07) is 18.3. The van der Waals surface area contributed by atoms with E-state index < -0.39 is 17.5 Å². The van der Waals surface area contributed by atoms with Crippen LogP contribution in [0.2, 0.25) is 0 Å². The highest BCUT2D eigenvalue weighted by Crippen LogP contribution is 2.40. The lowest BCUT2D eigenvalue weighted by Crippen LogP contribution is -1.95. The number of benzene rings is 3. The molecular formula is C26H25F3. The fourth-order valence-corrected chi connectivity index (χ4v) is 4.57. The third-order valence-corrected chi connectivity index (χ3v) is 6.16. The molecule has 3 aromatic carbocycles. The smallest absolute Gasteiger partial charge is 0.194 e. The molecule has 1 aliphatic rings. The van der Waals surface area contributed by atoms with Crippen LogP contribution in [-0.4, -0.2) is 0 Å². The van der Waals surface area contributed by atoms with Crippen LogP contribution in [0.25, 0.3) is 22.3 Å². The third kappa shape index (κ3) is 4.24. The molecule has 4 rings (SSSR count). The Bertz CT molecular complexity index is 951. The van der Waals surface area contributed by atoms with Crippen LogP contribution >= 0.6 is 0 Å². The molecule has 0 aliphatic heterocycles.